The third-order valence-corrected chi connectivity index (χ3v) is 2.75. The van der Waals surface area contributed by atoms with Crippen LogP contribution in [-0.4, -0.2) is 30.8 Å². The first-order valence-corrected chi connectivity index (χ1v) is 6.42. The van der Waals surface area contributed by atoms with Crippen molar-refractivity contribution in [3.63, 3.8) is 0 Å². The molecule has 0 fully saturated rings. The normalized spacial score (nSPS) is 12.2. The molecular weight excluding hydrogens is 268 g/mol. The molecule has 0 aromatic heterocycles. The Bertz CT molecular complexity index is 409. The van der Waals surface area contributed by atoms with Gasteiger partial charge in [-0.25, -0.2) is 0 Å². The number of nitrogens with one attached hydrogen (secondary N) is 1. The number of rotatable bonds is 8. The lowest BCUT2D eigenvalue weighted by atomic mass is 10.1. The number of carbonyl (C=O) groups is 1. The number of ether oxygens (including phenoxy) is 1. The number of carbonyl (C=O) groups excluding carboxylic acids is 1. The first-order valence-electron chi connectivity index (χ1n) is 6.42. The largest absolute Gasteiger partial charge is 0.435 e. The zero-order valence-electron chi connectivity index (χ0n) is 11.3. The molecule has 1 aromatic carbocycles. The first kappa shape index (κ1) is 16.4. The van der Waals surface area contributed by atoms with Gasteiger partial charge in [-0.15, -0.1) is 0 Å². The summed E-state index contributed by atoms with van der Waals surface area (Å²) >= 11 is 0. The Labute approximate surface area is 116 Å². The Balaban J connectivity index is 2.32. The molecule has 2 N–H and O–H groups in total. The zero-order chi connectivity index (χ0) is 15.0. The third kappa shape index (κ3) is 6.47. The molecule has 0 saturated heterocycles. The van der Waals surface area contributed by atoms with E-state index in [0.29, 0.717) is 19.4 Å². The monoisotopic (exact) mass is 287 g/mol. The van der Waals surface area contributed by atoms with Crippen molar-refractivity contribution in [1.82, 2.24) is 5.32 Å². The van der Waals surface area contributed by atoms with Gasteiger partial charge < -0.3 is 15.2 Å². The van der Waals surface area contributed by atoms with E-state index in [9.17, 15) is 13.6 Å². The summed E-state index contributed by atoms with van der Waals surface area (Å²) in [6.45, 7) is -0.523. The van der Waals surface area contributed by atoms with Crippen LogP contribution in [0.2, 0.25) is 0 Å². The summed E-state index contributed by atoms with van der Waals surface area (Å²) in [4.78, 5) is 11.5. The number of hydrogen-bond donors (Lipinski definition) is 2. The highest BCUT2D eigenvalue weighted by Gasteiger charge is 2.06. The molecule has 20 heavy (non-hydrogen) atoms. The summed E-state index contributed by atoms with van der Waals surface area (Å²) < 4.78 is 28.2. The average Bonchev–Trinajstić information content (AvgIpc) is 2.43. The van der Waals surface area contributed by atoms with E-state index < -0.39 is 6.61 Å². The van der Waals surface area contributed by atoms with E-state index in [1.165, 1.54) is 12.1 Å². The predicted molar refractivity (Wildman–Crippen MR) is 70.7 cm³/mol. The van der Waals surface area contributed by atoms with Gasteiger partial charge in [-0.1, -0.05) is 19.1 Å². The summed E-state index contributed by atoms with van der Waals surface area (Å²) in [6.07, 6.45) is 0.835. The number of aliphatic hydroxyl groups excluding tert-OH is 1. The molecule has 0 bridgehead atoms. The van der Waals surface area contributed by atoms with Gasteiger partial charge in [0.1, 0.15) is 5.75 Å². The number of amides is 1. The van der Waals surface area contributed by atoms with Gasteiger partial charge in [0, 0.05) is 19.6 Å². The van der Waals surface area contributed by atoms with Gasteiger partial charge in [-0.2, -0.15) is 8.78 Å². The summed E-state index contributed by atoms with van der Waals surface area (Å²) in [7, 11) is 0. The van der Waals surface area contributed by atoms with E-state index in [2.05, 4.69) is 10.1 Å². The maximum absolute atomic E-state index is 12.0. The Kier molecular flexibility index (Phi) is 6.93. The van der Waals surface area contributed by atoms with Crippen molar-refractivity contribution >= 4 is 5.91 Å². The summed E-state index contributed by atoms with van der Waals surface area (Å²) in [5.74, 6) is 0.0351. The van der Waals surface area contributed by atoms with Gasteiger partial charge in [0.2, 0.25) is 5.91 Å². The summed E-state index contributed by atoms with van der Waals surface area (Å²) in [5.41, 5.74) is 0.872. The van der Waals surface area contributed by atoms with Crippen LogP contribution >= 0.6 is 0 Å². The van der Waals surface area contributed by atoms with Crippen LogP contribution in [0.15, 0.2) is 24.3 Å². The highest BCUT2D eigenvalue weighted by molar-refractivity contribution is 5.76. The minimum absolute atomic E-state index is 0.0322. The van der Waals surface area contributed by atoms with Crippen molar-refractivity contribution in [2.75, 3.05) is 13.2 Å². The Morgan fingerprint density at radius 1 is 1.35 bits per heavy atom. The first-order chi connectivity index (χ1) is 9.51. The van der Waals surface area contributed by atoms with Crippen molar-refractivity contribution in [1.29, 1.82) is 0 Å². The van der Waals surface area contributed by atoms with Crippen molar-refractivity contribution < 1.29 is 23.4 Å². The van der Waals surface area contributed by atoms with E-state index >= 15 is 0 Å². The van der Waals surface area contributed by atoms with Crippen LogP contribution in [0, 0.1) is 5.92 Å². The van der Waals surface area contributed by atoms with E-state index in [1.54, 1.807) is 12.1 Å². The van der Waals surface area contributed by atoms with Crippen LogP contribution in [0.4, 0.5) is 8.78 Å². The molecule has 0 aliphatic heterocycles. The fourth-order valence-corrected chi connectivity index (χ4v) is 1.54. The van der Waals surface area contributed by atoms with Crippen LogP contribution in [-0.2, 0) is 11.2 Å². The van der Waals surface area contributed by atoms with E-state index in [0.717, 1.165) is 5.56 Å². The predicted octanol–water partition coefficient (Wildman–Crippen LogP) is 1.97. The molecule has 0 heterocycles. The smallest absolute Gasteiger partial charge is 0.387 e. The molecule has 4 nitrogen and oxygen atoms in total. The van der Waals surface area contributed by atoms with E-state index in [-0.39, 0.29) is 24.2 Å². The number of halogens is 2. The number of alkyl halides is 2. The lowest BCUT2D eigenvalue weighted by molar-refractivity contribution is -0.121. The molecule has 6 heteroatoms. The van der Waals surface area contributed by atoms with Gasteiger partial charge in [-0.3, -0.25) is 4.79 Å². The summed E-state index contributed by atoms with van der Waals surface area (Å²) in [6, 6.07) is 6.21. The minimum Gasteiger partial charge on any atom is -0.435 e. The maximum atomic E-state index is 12.0. The lowest BCUT2D eigenvalue weighted by Crippen LogP contribution is -2.29. The SMILES string of the molecule is CC(CO)CNC(=O)CCc1ccc(OC(F)F)cc1. The van der Waals surface area contributed by atoms with Crippen LogP contribution in [0.1, 0.15) is 18.9 Å². The second-order valence-electron chi connectivity index (χ2n) is 4.61. The van der Waals surface area contributed by atoms with E-state index in [1.807, 2.05) is 6.92 Å². The molecule has 1 unspecified atom stereocenters. The third-order valence-electron chi connectivity index (χ3n) is 2.75. The molecule has 0 spiro atoms. The van der Waals surface area contributed by atoms with Gasteiger partial charge >= 0.3 is 6.61 Å². The maximum Gasteiger partial charge on any atom is 0.387 e. The van der Waals surface area contributed by atoms with Crippen LogP contribution in [0.25, 0.3) is 0 Å². The second kappa shape index (κ2) is 8.47. The quantitative estimate of drug-likeness (QED) is 0.768. The molecule has 0 aliphatic rings. The van der Waals surface area contributed by atoms with Crippen LogP contribution < -0.4 is 10.1 Å². The molecule has 0 radical (unpaired) electrons. The highest BCUT2D eigenvalue weighted by Crippen LogP contribution is 2.15. The lowest BCUT2D eigenvalue weighted by Gasteiger charge is -2.09. The number of aliphatic hydroxyl groups is 1. The Hall–Kier alpha value is -1.69. The van der Waals surface area contributed by atoms with Gasteiger partial charge in [0.05, 0.1) is 0 Å². The second-order valence-corrected chi connectivity index (χ2v) is 4.61. The number of hydrogen-bond acceptors (Lipinski definition) is 3. The molecular formula is C14H19F2NO3. The molecule has 1 amide bonds. The van der Waals surface area contributed by atoms with Gasteiger partial charge in [-0.05, 0) is 30.0 Å². The van der Waals surface area contributed by atoms with Gasteiger partial charge in [0.25, 0.3) is 0 Å². The van der Waals surface area contributed by atoms with Crippen LogP contribution in [0.5, 0.6) is 5.75 Å². The minimum atomic E-state index is -2.83. The van der Waals surface area contributed by atoms with Crippen molar-refractivity contribution in [2.24, 2.45) is 5.92 Å². The van der Waals surface area contributed by atoms with Gasteiger partial charge in [0.15, 0.2) is 0 Å². The zero-order valence-corrected chi connectivity index (χ0v) is 11.3. The topological polar surface area (TPSA) is 58.6 Å². The fraction of sp³-hybridized carbons (Fsp3) is 0.500. The van der Waals surface area contributed by atoms with Crippen molar-refractivity contribution in [3.05, 3.63) is 29.8 Å². The Morgan fingerprint density at radius 2 is 2.00 bits per heavy atom. The molecule has 1 atom stereocenters. The van der Waals surface area contributed by atoms with Crippen LogP contribution in [0.3, 0.4) is 0 Å². The molecule has 0 saturated carbocycles. The standard InChI is InChI=1S/C14H19F2NO3/c1-10(9-18)8-17-13(19)7-4-11-2-5-12(6-3-11)20-14(15)16/h2-3,5-6,10,14,18H,4,7-9H2,1H3,(H,17,19). The van der Waals surface area contributed by atoms with Crippen molar-refractivity contribution in [2.45, 2.75) is 26.4 Å². The van der Waals surface area contributed by atoms with E-state index in [4.69, 9.17) is 5.11 Å². The molecule has 1 aromatic rings. The highest BCUT2D eigenvalue weighted by atomic mass is 19.3. The molecule has 0 aliphatic carbocycles. The average molecular weight is 287 g/mol. The summed E-state index contributed by atoms with van der Waals surface area (Å²) in [5, 5.41) is 11.5. The fourth-order valence-electron chi connectivity index (χ4n) is 1.54. The van der Waals surface area contributed by atoms with Crippen molar-refractivity contribution in [3.8, 4) is 5.75 Å². The molecule has 112 valence electrons. The number of benzene rings is 1. The number of aryl methyl sites for hydroxylation is 1. The molecule has 1 rings (SSSR count). The Morgan fingerprint density at radius 3 is 2.55 bits per heavy atom.